The molecule has 0 bridgehead atoms. The molecule has 0 saturated carbocycles. The molecule has 1 rings (SSSR count). The predicted molar refractivity (Wildman–Crippen MR) is 44.7 cm³/mol. The van der Waals surface area contributed by atoms with Crippen LogP contribution in [0.1, 0.15) is 5.56 Å². The van der Waals surface area contributed by atoms with Crippen molar-refractivity contribution in [2.24, 2.45) is 0 Å². The number of hydrogen-bond acceptors (Lipinski definition) is 3. The second kappa shape index (κ2) is 3.82. The van der Waals surface area contributed by atoms with Gasteiger partial charge in [-0.3, -0.25) is 10.1 Å². The molecule has 0 radical (unpaired) electrons. The lowest BCUT2D eigenvalue weighted by molar-refractivity contribution is -0.390. The van der Waals surface area contributed by atoms with Gasteiger partial charge in [-0.2, -0.15) is 22.0 Å². The number of rotatable bonds is 2. The molecule has 0 fully saturated rings. The molecule has 0 aliphatic rings. The number of nitrogens with zero attached hydrogens (tertiary/aromatic N) is 1. The number of alkyl halides is 5. The summed E-state index contributed by atoms with van der Waals surface area (Å²) < 4.78 is 62.0. The zero-order valence-corrected chi connectivity index (χ0v) is 7.83. The Kier molecular flexibility index (Phi) is 2.96. The molecule has 0 heterocycles. The van der Waals surface area contributed by atoms with E-state index in [9.17, 15) is 32.1 Å². The van der Waals surface area contributed by atoms with E-state index in [0.717, 1.165) is 0 Å². The zero-order chi connectivity index (χ0) is 13.4. The minimum absolute atomic E-state index is 0.241. The molecule has 0 unspecified atom stereocenters. The van der Waals surface area contributed by atoms with Gasteiger partial charge < -0.3 is 5.11 Å². The Bertz CT molecular complexity index is 457. The van der Waals surface area contributed by atoms with Gasteiger partial charge in [0.15, 0.2) is 5.75 Å². The van der Waals surface area contributed by atoms with Crippen LogP contribution in [-0.4, -0.2) is 16.2 Å². The monoisotopic (exact) mass is 257 g/mol. The summed E-state index contributed by atoms with van der Waals surface area (Å²) in [7, 11) is 0. The average Bonchev–Trinajstić information content (AvgIpc) is 2.14. The van der Waals surface area contributed by atoms with Crippen LogP contribution in [0.3, 0.4) is 0 Å². The standard InChI is InChI=1S/C8H4F5NO3/c9-7(10,8(11,12)13)4-2-1-3-5(15)6(4)14(16)17/h1-3,15H. The van der Waals surface area contributed by atoms with Crippen molar-refractivity contribution in [2.75, 3.05) is 0 Å². The number of halogens is 5. The maximum atomic E-state index is 12.9. The molecule has 0 amide bonds. The molecule has 4 nitrogen and oxygen atoms in total. The molecule has 9 heteroatoms. The Balaban J connectivity index is 3.52. The van der Waals surface area contributed by atoms with Gasteiger partial charge >= 0.3 is 17.8 Å². The number of hydrogen-bond donors (Lipinski definition) is 1. The van der Waals surface area contributed by atoms with Crippen LogP contribution in [0.15, 0.2) is 18.2 Å². The van der Waals surface area contributed by atoms with Crippen LogP contribution in [0.5, 0.6) is 5.75 Å². The molecule has 1 aromatic carbocycles. The van der Waals surface area contributed by atoms with Gasteiger partial charge in [-0.15, -0.1) is 0 Å². The van der Waals surface area contributed by atoms with Crippen molar-refractivity contribution in [3.8, 4) is 5.75 Å². The van der Waals surface area contributed by atoms with Crippen LogP contribution < -0.4 is 0 Å². The van der Waals surface area contributed by atoms with Gasteiger partial charge in [-0.1, -0.05) is 6.07 Å². The van der Waals surface area contributed by atoms with E-state index in [1.165, 1.54) is 0 Å². The molecular formula is C8H4F5NO3. The highest BCUT2D eigenvalue weighted by Crippen LogP contribution is 2.48. The number of benzene rings is 1. The Morgan fingerprint density at radius 1 is 1.18 bits per heavy atom. The first kappa shape index (κ1) is 13.1. The number of phenols is 1. The Morgan fingerprint density at radius 2 is 1.71 bits per heavy atom. The van der Waals surface area contributed by atoms with Crippen molar-refractivity contribution < 1.29 is 32.0 Å². The molecule has 0 atom stereocenters. The van der Waals surface area contributed by atoms with Crippen LogP contribution in [0, 0.1) is 10.1 Å². The molecule has 0 aliphatic carbocycles. The second-order valence-corrected chi connectivity index (χ2v) is 3.00. The smallest absolute Gasteiger partial charge is 0.458 e. The maximum Gasteiger partial charge on any atom is 0.458 e. The van der Waals surface area contributed by atoms with Crippen molar-refractivity contribution in [3.05, 3.63) is 33.9 Å². The lowest BCUT2D eigenvalue weighted by Gasteiger charge is -2.19. The second-order valence-electron chi connectivity index (χ2n) is 3.00. The minimum Gasteiger partial charge on any atom is -0.502 e. The van der Waals surface area contributed by atoms with E-state index in [4.69, 9.17) is 5.11 Å². The summed E-state index contributed by atoms with van der Waals surface area (Å²) in [6, 6.07) is 1.55. The normalized spacial score (nSPS) is 12.5. The summed E-state index contributed by atoms with van der Waals surface area (Å²) in [5, 5.41) is 19.3. The van der Waals surface area contributed by atoms with Gasteiger partial charge in [0.1, 0.15) is 5.56 Å². The average molecular weight is 257 g/mol. The maximum absolute atomic E-state index is 12.9. The van der Waals surface area contributed by atoms with E-state index in [2.05, 4.69) is 0 Å². The summed E-state index contributed by atoms with van der Waals surface area (Å²) in [5.41, 5.74) is -3.55. The molecule has 17 heavy (non-hydrogen) atoms. The highest BCUT2D eigenvalue weighted by Gasteiger charge is 2.61. The van der Waals surface area contributed by atoms with Crippen LogP contribution >= 0.6 is 0 Å². The quantitative estimate of drug-likeness (QED) is 0.503. The van der Waals surface area contributed by atoms with Crippen LogP contribution in [0.25, 0.3) is 0 Å². The molecule has 1 N–H and O–H groups in total. The van der Waals surface area contributed by atoms with Gasteiger partial charge in [-0.25, -0.2) is 0 Å². The first-order valence-corrected chi connectivity index (χ1v) is 4.00. The van der Waals surface area contributed by atoms with E-state index in [-0.39, 0.29) is 6.07 Å². The minimum atomic E-state index is -5.98. The Morgan fingerprint density at radius 3 is 2.12 bits per heavy atom. The van der Waals surface area contributed by atoms with Crippen molar-refractivity contribution in [1.82, 2.24) is 0 Å². The molecule has 0 spiro atoms. The van der Waals surface area contributed by atoms with Gasteiger partial charge in [0, 0.05) is 0 Å². The third-order valence-electron chi connectivity index (χ3n) is 1.89. The van der Waals surface area contributed by atoms with Crippen LogP contribution in [0.4, 0.5) is 27.6 Å². The van der Waals surface area contributed by atoms with Crippen molar-refractivity contribution in [1.29, 1.82) is 0 Å². The summed E-state index contributed by atoms with van der Waals surface area (Å²) in [6.07, 6.45) is -5.98. The van der Waals surface area contributed by atoms with E-state index in [1.54, 1.807) is 0 Å². The third kappa shape index (κ3) is 2.12. The number of nitro groups is 1. The largest absolute Gasteiger partial charge is 0.502 e. The lowest BCUT2D eigenvalue weighted by atomic mass is 10.1. The SMILES string of the molecule is O=[N+]([O-])c1c(O)cccc1C(F)(F)C(F)(F)F. The summed E-state index contributed by atoms with van der Waals surface area (Å²) in [5.74, 6) is -6.66. The molecule has 0 aliphatic heterocycles. The Hall–Kier alpha value is -1.93. The third-order valence-corrected chi connectivity index (χ3v) is 1.89. The van der Waals surface area contributed by atoms with Crippen molar-refractivity contribution in [2.45, 2.75) is 12.1 Å². The van der Waals surface area contributed by atoms with Gasteiger partial charge in [0.25, 0.3) is 0 Å². The van der Waals surface area contributed by atoms with E-state index < -0.39 is 34.0 Å². The fraction of sp³-hybridized carbons (Fsp3) is 0.250. The number of aromatic hydroxyl groups is 1. The molecule has 94 valence electrons. The first-order valence-electron chi connectivity index (χ1n) is 4.00. The topological polar surface area (TPSA) is 63.4 Å². The lowest BCUT2D eigenvalue weighted by Crippen LogP contribution is -2.34. The number of phenolic OH excluding ortho intramolecular Hbond substituents is 1. The van der Waals surface area contributed by atoms with Gasteiger partial charge in [0.2, 0.25) is 0 Å². The van der Waals surface area contributed by atoms with Crippen LogP contribution in [-0.2, 0) is 5.92 Å². The number of nitro benzene ring substituents is 1. The summed E-state index contributed by atoms with van der Waals surface area (Å²) in [4.78, 5) is 8.87. The zero-order valence-electron chi connectivity index (χ0n) is 7.83. The summed E-state index contributed by atoms with van der Waals surface area (Å²) >= 11 is 0. The molecule has 1 aromatic rings. The first-order chi connectivity index (χ1) is 7.59. The van der Waals surface area contributed by atoms with E-state index in [0.29, 0.717) is 12.1 Å². The highest BCUT2D eigenvalue weighted by molar-refractivity contribution is 5.54. The van der Waals surface area contributed by atoms with Crippen molar-refractivity contribution >= 4 is 5.69 Å². The van der Waals surface area contributed by atoms with Crippen molar-refractivity contribution in [3.63, 3.8) is 0 Å². The van der Waals surface area contributed by atoms with E-state index >= 15 is 0 Å². The van der Waals surface area contributed by atoms with Crippen LogP contribution in [0.2, 0.25) is 0 Å². The Labute approximate surface area is 90.4 Å². The fourth-order valence-electron chi connectivity index (χ4n) is 1.13. The van der Waals surface area contributed by atoms with Gasteiger partial charge in [0.05, 0.1) is 4.92 Å². The molecule has 0 saturated heterocycles. The van der Waals surface area contributed by atoms with Gasteiger partial charge in [-0.05, 0) is 12.1 Å². The molecular weight excluding hydrogens is 253 g/mol. The molecule has 0 aromatic heterocycles. The predicted octanol–water partition coefficient (Wildman–Crippen LogP) is 2.95. The fourth-order valence-corrected chi connectivity index (χ4v) is 1.13. The highest BCUT2D eigenvalue weighted by atomic mass is 19.4. The number of para-hydroxylation sites is 1. The summed E-state index contributed by atoms with van der Waals surface area (Å²) in [6.45, 7) is 0. The van der Waals surface area contributed by atoms with E-state index in [1.807, 2.05) is 0 Å².